The predicted octanol–water partition coefficient (Wildman–Crippen LogP) is 3.25. The van der Waals surface area contributed by atoms with Gasteiger partial charge in [-0.25, -0.2) is 0 Å². The molecule has 0 spiro atoms. The van der Waals surface area contributed by atoms with Crippen LogP contribution in [0.25, 0.3) is 0 Å². The molecule has 8 heteroatoms. The van der Waals surface area contributed by atoms with Crippen molar-refractivity contribution in [2.45, 2.75) is 23.4 Å². The van der Waals surface area contributed by atoms with Gasteiger partial charge in [0.2, 0.25) is 5.13 Å². The van der Waals surface area contributed by atoms with Gasteiger partial charge < -0.3 is 14.8 Å². The standard InChI is InChI=1S/C14H17N3O3S2/c1-8-5-6-11(19-3)10(7-8)15-13-16-17-14(22-13)21-9(2)12(18)20-4/h5-7,9H,1-4H3,(H,15,16)/t9-/m1/s1. The highest BCUT2D eigenvalue weighted by molar-refractivity contribution is 8.02. The molecule has 1 atom stereocenters. The molecule has 0 saturated heterocycles. The second-order valence-corrected chi connectivity index (χ2v) is 7.05. The summed E-state index contributed by atoms with van der Waals surface area (Å²) in [5.41, 5.74) is 1.94. The fraction of sp³-hybridized carbons (Fsp3) is 0.357. The molecule has 1 aromatic carbocycles. The molecule has 1 heterocycles. The van der Waals surface area contributed by atoms with Crippen LogP contribution in [0.3, 0.4) is 0 Å². The molecule has 0 aliphatic carbocycles. The number of benzene rings is 1. The van der Waals surface area contributed by atoms with Crippen LogP contribution < -0.4 is 10.1 Å². The van der Waals surface area contributed by atoms with Crippen molar-refractivity contribution >= 4 is 39.9 Å². The molecule has 1 aromatic heterocycles. The van der Waals surface area contributed by atoms with Crippen molar-refractivity contribution in [2.75, 3.05) is 19.5 Å². The zero-order valence-electron chi connectivity index (χ0n) is 12.7. The molecule has 0 bridgehead atoms. The van der Waals surface area contributed by atoms with Crippen LogP contribution in [0.4, 0.5) is 10.8 Å². The Morgan fingerprint density at radius 2 is 2.14 bits per heavy atom. The van der Waals surface area contributed by atoms with Crippen molar-refractivity contribution < 1.29 is 14.3 Å². The van der Waals surface area contributed by atoms with Crippen molar-refractivity contribution in [3.8, 4) is 5.75 Å². The molecule has 0 aliphatic rings. The van der Waals surface area contributed by atoms with E-state index in [0.29, 0.717) is 9.47 Å². The summed E-state index contributed by atoms with van der Waals surface area (Å²) < 4.78 is 10.7. The number of esters is 1. The minimum absolute atomic E-state index is 0.282. The van der Waals surface area contributed by atoms with Crippen molar-refractivity contribution in [1.29, 1.82) is 0 Å². The summed E-state index contributed by atoms with van der Waals surface area (Å²) in [7, 11) is 2.99. The largest absolute Gasteiger partial charge is 0.495 e. The van der Waals surface area contributed by atoms with Gasteiger partial charge in [-0.2, -0.15) is 0 Å². The molecule has 0 amide bonds. The summed E-state index contributed by atoms with van der Waals surface area (Å²) in [4.78, 5) is 11.4. The number of hydrogen-bond acceptors (Lipinski definition) is 8. The highest BCUT2D eigenvalue weighted by Gasteiger charge is 2.17. The van der Waals surface area contributed by atoms with Crippen LogP contribution in [-0.4, -0.2) is 35.6 Å². The van der Waals surface area contributed by atoms with Gasteiger partial charge >= 0.3 is 5.97 Å². The molecule has 2 rings (SSSR count). The van der Waals surface area contributed by atoms with Gasteiger partial charge in [0.25, 0.3) is 0 Å². The zero-order chi connectivity index (χ0) is 16.1. The molecular weight excluding hydrogens is 322 g/mol. The summed E-state index contributed by atoms with van der Waals surface area (Å²) >= 11 is 2.70. The summed E-state index contributed by atoms with van der Waals surface area (Å²) in [5.74, 6) is 0.452. The summed E-state index contributed by atoms with van der Waals surface area (Å²) in [6, 6.07) is 5.85. The molecule has 118 valence electrons. The van der Waals surface area contributed by atoms with Gasteiger partial charge in [-0.1, -0.05) is 29.2 Å². The molecule has 1 N–H and O–H groups in total. The van der Waals surface area contributed by atoms with E-state index in [0.717, 1.165) is 17.0 Å². The van der Waals surface area contributed by atoms with Crippen LogP contribution in [0, 0.1) is 6.92 Å². The topological polar surface area (TPSA) is 73.3 Å². The fourth-order valence-electron chi connectivity index (χ4n) is 1.71. The minimum Gasteiger partial charge on any atom is -0.495 e. The van der Waals surface area contributed by atoms with E-state index in [9.17, 15) is 4.79 Å². The lowest BCUT2D eigenvalue weighted by atomic mass is 10.2. The first-order valence-corrected chi connectivity index (χ1v) is 8.22. The molecule has 0 saturated carbocycles. The lowest BCUT2D eigenvalue weighted by molar-refractivity contribution is -0.139. The van der Waals surface area contributed by atoms with Gasteiger partial charge in [-0.15, -0.1) is 10.2 Å². The lowest BCUT2D eigenvalue weighted by Gasteiger charge is -2.09. The van der Waals surface area contributed by atoms with Gasteiger partial charge in [-0.3, -0.25) is 4.79 Å². The van der Waals surface area contributed by atoms with Crippen LogP contribution in [0.1, 0.15) is 12.5 Å². The highest BCUT2D eigenvalue weighted by atomic mass is 32.2. The normalized spacial score (nSPS) is 11.8. The first-order chi connectivity index (χ1) is 10.5. The Morgan fingerprint density at radius 1 is 1.36 bits per heavy atom. The fourth-order valence-corrected chi connectivity index (χ4v) is 3.64. The highest BCUT2D eigenvalue weighted by Crippen LogP contribution is 2.33. The van der Waals surface area contributed by atoms with Crippen LogP contribution in [0.15, 0.2) is 22.5 Å². The van der Waals surface area contributed by atoms with Gasteiger partial charge in [-0.05, 0) is 31.5 Å². The molecular formula is C14H17N3O3S2. The van der Waals surface area contributed by atoms with E-state index in [1.807, 2.05) is 25.1 Å². The number of aryl methyl sites for hydroxylation is 1. The van der Waals surface area contributed by atoms with E-state index in [1.165, 1.54) is 30.2 Å². The number of nitrogens with zero attached hydrogens (tertiary/aromatic N) is 2. The molecule has 2 aromatic rings. The number of thioether (sulfide) groups is 1. The Morgan fingerprint density at radius 3 is 2.82 bits per heavy atom. The lowest BCUT2D eigenvalue weighted by Crippen LogP contribution is -2.14. The monoisotopic (exact) mass is 339 g/mol. The van der Waals surface area contributed by atoms with Crippen LogP contribution >= 0.6 is 23.1 Å². The smallest absolute Gasteiger partial charge is 0.318 e. The average molecular weight is 339 g/mol. The maximum Gasteiger partial charge on any atom is 0.318 e. The van der Waals surface area contributed by atoms with Gasteiger partial charge in [0.15, 0.2) is 4.34 Å². The summed E-state index contributed by atoms with van der Waals surface area (Å²) in [6.45, 7) is 3.78. The molecule has 0 unspecified atom stereocenters. The number of hydrogen-bond donors (Lipinski definition) is 1. The van der Waals surface area contributed by atoms with E-state index < -0.39 is 0 Å². The Balaban J connectivity index is 2.09. The van der Waals surface area contributed by atoms with Gasteiger partial charge in [0, 0.05) is 0 Å². The number of carbonyl (C=O) groups excluding carboxylic acids is 1. The summed E-state index contributed by atoms with van der Waals surface area (Å²) in [6.07, 6.45) is 0. The third-order valence-corrected chi connectivity index (χ3v) is 4.82. The first-order valence-electron chi connectivity index (χ1n) is 6.53. The third kappa shape index (κ3) is 4.11. The maximum absolute atomic E-state index is 11.4. The molecule has 0 aliphatic heterocycles. The van der Waals surface area contributed by atoms with Crippen LogP contribution in [-0.2, 0) is 9.53 Å². The molecule has 0 radical (unpaired) electrons. The predicted molar refractivity (Wildman–Crippen MR) is 88.3 cm³/mol. The third-order valence-electron chi connectivity index (χ3n) is 2.81. The van der Waals surface area contributed by atoms with Crippen LogP contribution in [0.2, 0.25) is 0 Å². The molecule has 6 nitrogen and oxygen atoms in total. The van der Waals surface area contributed by atoms with Crippen molar-refractivity contribution in [2.24, 2.45) is 0 Å². The van der Waals surface area contributed by atoms with E-state index in [4.69, 9.17) is 9.47 Å². The number of aromatic nitrogens is 2. The Kier molecular flexibility index (Phi) is 5.62. The Labute approximate surface area is 137 Å². The van der Waals surface area contributed by atoms with Crippen LogP contribution in [0.5, 0.6) is 5.75 Å². The van der Waals surface area contributed by atoms with Crippen molar-refractivity contribution in [1.82, 2.24) is 10.2 Å². The van der Waals surface area contributed by atoms with Gasteiger partial charge in [0.05, 0.1) is 19.9 Å². The molecule has 0 fully saturated rings. The minimum atomic E-state index is -0.320. The zero-order valence-corrected chi connectivity index (χ0v) is 14.4. The van der Waals surface area contributed by atoms with Crippen molar-refractivity contribution in [3.63, 3.8) is 0 Å². The van der Waals surface area contributed by atoms with E-state index in [-0.39, 0.29) is 11.2 Å². The Bertz CT molecular complexity index is 661. The quantitative estimate of drug-likeness (QED) is 0.639. The average Bonchev–Trinajstić information content (AvgIpc) is 2.93. The molecule has 22 heavy (non-hydrogen) atoms. The SMILES string of the molecule is COC(=O)[C@@H](C)Sc1nnc(Nc2cc(C)ccc2OC)s1. The number of rotatable bonds is 6. The van der Waals surface area contributed by atoms with E-state index >= 15 is 0 Å². The number of methoxy groups -OCH3 is 2. The number of ether oxygens (including phenoxy) is 2. The number of carbonyl (C=O) groups is 1. The number of anilines is 2. The van der Waals surface area contributed by atoms with Crippen molar-refractivity contribution in [3.05, 3.63) is 23.8 Å². The number of nitrogens with one attached hydrogen (secondary N) is 1. The van der Waals surface area contributed by atoms with Gasteiger partial charge in [0.1, 0.15) is 11.0 Å². The Hall–Kier alpha value is -1.80. The second kappa shape index (κ2) is 7.46. The maximum atomic E-state index is 11.4. The van der Waals surface area contributed by atoms with E-state index in [2.05, 4.69) is 15.5 Å². The summed E-state index contributed by atoms with van der Waals surface area (Å²) in [5, 5.41) is 11.7. The first kappa shape index (κ1) is 16.6. The van der Waals surface area contributed by atoms with E-state index in [1.54, 1.807) is 14.0 Å². The second-order valence-electron chi connectivity index (χ2n) is 4.49.